The minimum atomic E-state index is -0.452. The first kappa shape index (κ1) is 20.2. The van der Waals surface area contributed by atoms with Gasteiger partial charge in [0.2, 0.25) is 0 Å². The zero-order chi connectivity index (χ0) is 21.8. The smallest absolute Gasteiger partial charge is 0.261 e. The third-order valence-electron chi connectivity index (χ3n) is 6.93. The van der Waals surface area contributed by atoms with Gasteiger partial charge >= 0.3 is 0 Å². The number of amides is 1. The van der Waals surface area contributed by atoms with Gasteiger partial charge in [-0.3, -0.25) is 14.2 Å². The number of fused-ring (bicyclic) bond motifs is 2. The van der Waals surface area contributed by atoms with Gasteiger partial charge in [-0.15, -0.1) is 11.6 Å². The van der Waals surface area contributed by atoms with Gasteiger partial charge in [-0.25, -0.2) is 9.37 Å². The Bertz CT molecular complexity index is 1210. The Labute approximate surface area is 184 Å². The third kappa shape index (κ3) is 3.33. The van der Waals surface area contributed by atoms with Gasteiger partial charge in [-0.1, -0.05) is 25.1 Å². The van der Waals surface area contributed by atoms with E-state index in [1.165, 1.54) is 18.2 Å². The fourth-order valence-electron chi connectivity index (χ4n) is 5.36. The molecule has 5 unspecified atom stereocenters. The van der Waals surface area contributed by atoms with E-state index in [2.05, 4.69) is 10.3 Å². The lowest BCUT2D eigenvalue weighted by atomic mass is 9.98. The second-order valence-corrected chi connectivity index (χ2v) is 9.33. The molecule has 2 aromatic carbocycles. The predicted molar refractivity (Wildman–Crippen MR) is 118 cm³/mol. The molecule has 1 heterocycles. The number of alkyl halides is 1. The highest BCUT2D eigenvalue weighted by Gasteiger charge is 2.70. The number of carbonyl (C=O) groups is 1. The zero-order valence-electron chi connectivity index (χ0n) is 17.1. The molecular formula is C24H23ClFN3O2. The number of hydrogen-bond acceptors (Lipinski definition) is 3. The summed E-state index contributed by atoms with van der Waals surface area (Å²) in [5.74, 6) is -0.154. The molecule has 0 saturated heterocycles. The second-order valence-electron chi connectivity index (χ2n) is 8.63. The van der Waals surface area contributed by atoms with Crippen LogP contribution in [0.3, 0.4) is 0 Å². The van der Waals surface area contributed by atoms with E-state index in [9.17, 15) is 14.0 Å². The number of hydrogen-bond donors (Lipinski definition) is 1. The summed E-state index contributed by atoms with van der Waals surface area (Å²) in [7, 11) is 0. The lowest BCUT2D eigenvalue weighted by Crippen LogP contribution is -2.39. The number of nitrogens with zero attached hydrogens (tertiary/aromatic N) is 2. The fraction of sp³-hybridized carbons (Fsp3) is 0.375. The summed E-state index contributed by atoms with van der Waals surface area (Å²) in [5.41, 5.74) is 0.880. The SMILES string of the molecule is CCC(NC(=O)c1ccccc1)C1C2CC(n3cnc4ccc(F)cc4c3=O)CC21Cl. The quantitative estimate of drug-likeness (QED) is 0.603. The van der Waals surface area contributed by atoms with Crippen molar-refractivity contribution in [2.24, 2.45) is 11.8 Å². The minimum Gasteiger partial charge on any atom is -0.349 e. The molecule has 3 aromatic rings. The highest BCUT2D eigenvalue weighted by atomic mass is 35.5. The number of halogens is 2. The van der Waals surface area contributed by atoms with E-state index in [1.54, 1.807) is 23.0 Å². The second kappa shape index (κ2) is 7.45. The Morgan fingerprint density at radius 3 is 2.77 bits per heavy atom. The van der Waals surface area contributed by atoms with E-state index in [0.717, 1.165) is 12.8 Å². The summed E-state index contributed by atoms with van der Waals surface area (Å²) in [5, 5.41) is 3.43. The average Bonchev–Trinajstić information content (AvgIpc) is 3.17. The molecule has 0 bridgehead atoms. The van der Waals surface area contributed by atoms with E-state index in [1.807, 2.05) is 25.1 Å². The summed E-state index contributed by atoms with van der Waals surface area (Å²) in [6.07, 6.45) is 3.70. The fourth-order valence-corrected chi connectivity index (χ4v) is 6.01. The molecule has 2 fully saturated rings. The Kier molecular flexibility index (Phi) is 4.85. The van der Waals surface area contributed by atoms with Crippen molar-refractivity contribution in [2.45, 2.75) is 43.1 Å². The molecule has 5 atom stereocenters. The lowest BCUT2D eigenvalue weighted by molar-refractivity contribution is 0.0927. The topological polar surface area (TPSA) is 64.0 Å². The zero-order valence-corrected chi connectivity index (χ0v) is 17.8. The normalized spacial score (nSPS) is 27.6. The van der Waals surface area contributed by atoms with Crippen LogP contribution in [0.5, 0.6) is 0 Å². The van der Waals surface area contributed by atoms with Crippen LogP contribution in [0, 0.1) is 17.7 Å². The molecule has 1 amide bonds. The van der Waals surface area contributed by atoms with Gasteiger partial charge < -0.3 is 5.32 Å². The molecule has 0 aliphatic heterocycles. The summed E-state index contributed by atoms with van der Waals surface area (Å²) >= 11 is 7.00. The van der Waals surface area contributed by atoms with Crippen molar-refractivity contribution in [1.29, 1.82) is 0 Å². The Hall–Kier alpha value is -2.73. The standard InChI is InChI=1S/C24H23ClFN3O2/c1-2-19(28-22(30)14-6-4-3-5-7-14)21-18-11-16(12-24(18,21)25)29-13-27-20-9-8-15(26)10-17(20)23(29)31/h3-10,13,16,18-19,21H,2,11-12H2,1H3,(H,28,30). The number of aromatic nitrogens is 2. The van der Waals surface area contributed by atoms with Crippen LogP contribution in [0.2, 0.25) is 0 Å². The third-order valence-corrected chi connectivity index (χ3v) is 7.62. The van der Waals surface area contributed by atoms with Crippen LogP contribution in [0.25, 0.3) is 10.9 Å². The average molecular weight is 440 g/mol. The van der Waals surface area contributed by atoms with Gasteiger partial charge in [0, 0.05) is 23.6 Å². The monoisotopic (exact) mass is 439 g/mol. The molecule has 160 valence electrons. The maximum absolute atomic E-state index is 13.6. The Morgan fingerprint density at radius 1 is 1.32 bits per heavy atom. The van der Waals surface area contributed by atoms with Crippen LogP contribution in [-0.4, -0.2) is 26.4 Å². The molecule has 5 rings (SSSR count). The molecule has 2 aliphatic carbocycles. The van der Waals surface area contributed by atoms with Crippen LogP contribution in [-0.2, 0) is 0 Å². The van der Waals surface area contributed by atoms with Crippen molar-refractivity contribution >= 4 is 28.4 Å². The highest BCUT2D eigenvalue weighted by Crippen LogP contribution is 2.69. The van der Waals surface area contributed by atoms with Crippen molar-refractivity contribution in [3.8, 4) is 0 Å². The highest BCUT2D eigenvalue weighted by molar-refractivity contribution is 6.27. The summed E-state index contributed by atoms with van der Waals surface area (Å²) < 4.78 is 15.2. The molecular weight excluding hydrogens is 417 g/mol. The van der Waals surface area contributed by atoms with Gasteiger partial charge in [0.1, 0.15) is 5.82 Å². The first-order chi connectivity index (χ1) is 14.9. The first-order valence-corrected chi connectivity index (χ1v) is 11.0. The lowest BCUT2D eigenvalue weighted by Gasteiger charge is -2.24. The van der Waals surface area contributed by atoms with E-state index < -0.39 is 10.7 Å². The molecule has 1 N–H and O–H groups in total. The first-order valence-electron chi connectivity index (χ1n) is 10.6. The summed E-state index contributed by atoms with van der Waals surface area (Å²) in [6.45, 7) is 2.05. The maximum Gasteiger partial charge on any atom is 0.261 e. The summed E-state index contributed by atoms with van der Waals surface area (Å²) in [4.78, 5) is 29.4. The predicted octanol–water partition coefficient (Wildman–Crippen LogP) is 4.30. The largest absolute Gasteiger partial charge is 0.349 e. The molecule has 2 aliphatic rings. The Morgan fingerprint density at radius 2 is 2.10 bits per heavy atom. The van der Waals surface area contributed by atoms with Crippen molar-refractivity contribution < 1.29 is 9.18 Å². The number of benzene rings is 2. The molecule has 7 heteroatoms. The molecule has 31 heavy (non-hydrogen) atoms. The van der Waals surface area contributed by atoms with Gasteiger partial charge in [0.25, 0.3) is 11.5 Å². The number of rotatable bonds is 5. The van der Waals surface area contributed by atoms with Gasteiger partial charge in [0.15, 0.2) is 0 Å². The van der Waals surface area contributed by atoms with Crippen molar-refractivity contribution in [1.82, 2.24) is 14.9 Å². The molecule has 0 spiro atoms. The van der Waals surface area contributed by atoms with Gasteiger partial charge in [-0.05, 0) is 55.5 Å². The van der Waals surface area contributed by atoms with Crippen LogP contribution < -0.4 is 10.9 Å². The van der Waals surface area contributed by atoms with Crippen LogP contribution in [0.1, 0.15) is 42.6 Å². The van der Waals surface area contributed by atoms with E-state index in [4.69, 9.17) is 11.6 Å². The van der Waals surface area contributed by atoms with E-state index >= 15 is 0 Å². The number of carbonyl (C=O) groups excluding carboxylic acids is 1. The Balaban J connectivity index is 1.33. The van der Waals surface area contributed by atoms with Gasteiger partial charge in [0.05, 0.1) is 22.1 Å². The van der Waals surface area contributed by atoms with Crippen molar-refractivity contribution in [3.63, 3.8) is 0 Å². The number of nitrogens with one attached hydrogen (secondary N) is 1. The van der Waals surface area contributed by atoms with Crippen LogP contribution in [0.4, 0.5) is 4.39 Å². The summed E-state index contributed by atoms with van der Waals surface area (Å²) in [6, 6.07) is 13.1. The molecule has 0 radical (unpaired) electrons. The maximum atomic E-state index is 13.6. The minimum absolute atomic E-state index is 0.0169. The van der Waals surface area contributed by atoms with Gasteiger partial charge in [-0.2, -0.15) is 0 Å². The molecule has 5 nitrogen and oxygen atoms in total. The van der Waals surface area contributed by atoms with E-state index in [-0.39, 0.29) is 40.8 Å². The van der Waals surface area contributed by atoms with Crippen LogP contribution >= 0.6 is 11.6 Å². The van der Waals surface area contributed by atoms with E-state index in [0.29, 0.717) is 17.5 Å². The molecule has 2 saturated carbocycles. The van der Waals surface area contributed by atoms with Crippen molar-refractivity contribution in [3.05, 3.63) is 76.6 Å². The van der Waals surface area contributed by atoms with Crippen molar-refractivity contribution in [2.75, 3.05) is 0 Å². The van der Waals surface area contributed by atoms with Crippen LogP contribution in [0.15, 0.2) is 59.7 Å². The molecule has 1 aromatic heterocycles.